The molecule has 4 atom stereocenters. The SMILES string of the molecule is OCC1OC(c2ccccn2)C(O)C1O. The highest BCUT2D eigenvalue weighted by molar-refractivity contribution is 5.11. The molecule has 0 spiro atoms. The van der Waals surface area contributed by atoms with Crippen molar-refractivity contribution in [3.05, 3.63) is 30.1 Å². The summed E-state index contributed by atoms with van der Waals surface area (Å²) in [7, 11) is 0. The van der Waals surface area contributed by atoms with Crippen molar-refractivity contribution in [1.29, 1.82) is 0 Å². The molecule has 5 heteroatoms. The quantitative estimate of drug-likeness (QED) is 0.598. The van der Waals surface area contributed by atoms with Gasteiger partial charge < -0.3 is 20.1 Å². The Hall–Kier alpha value is -1.01. The van der Waals surface area contributed by atoms with Crippen LogP contribution in [0.15, 0.2) is 24.4 Å². The second-order valence-corrected chi connectivity index (χ2v) is 3.51. The molecular formula is C10H13NO4. The van der Waals surface area contributed by atoms with Gasteiger partial charge in [0.1, 0.15) is 24.4 Å². The van der Waals surface area contributed by atoms with Crippen LogP contribution in [0.1, 0.15) is 11.8 Å². The van der Waals surface area contributed by atoms with Crippen LogP contribution < -0.4 is 0 Å². The van der Waals surface area contributed by atoms with Crippen LogP contribution in [0.3, 0.4) is 0 Å². The summed E-state index contributed by atoms with van der Waals surface area (Å²) in [5.41, 5.74) is 0.556. The lowest BCUT2D eigenvalue weighted by Crippen LogP contribution is -2.32. The first-order valence-electron chi connectivity index (χ1n) is 4.77. The number of nitrogens with zero attached hydrogens (tertiary/aromatic N) is 1. The van der Waals surface area contributed by atoms with Crippen molar-refractivity contribution in [2.75, 3.05) is 6.61 Å². The normalized spacial score (nSPS) is 35.7. The van der Waals surface area contributed by atoms with E-state index < -0.39 is 24.4 Å². The molecule has 1 aliphatic rings. The largest absolute Gasteiger partial charge is 0.394 e. The maximum Gasteiger partial charge on any atom is 0.128 e. The van der Waals surface area contributed by atoms with E-state index in [0.29, 0.717) is 5.69 Å². The van der Waals surface area contributed by atoms with Crippen LogP contribution in [0.2, 0.25) is 0 Å². The molecule has 82 valence electrons. The molecule has 2 rings (SSSR count). The average molecular weight is 211 g/mol. The first-order chi connectivity index (χ1) is 7.24. The van der Waals surface area contributed by atoms with Crippen molar-refractivity contribution in [3.8, 4) is 0 Å². The van der Waals surface area contributed by atoms with E-state index in [0.717, 1.165) is 0 Å². The van der Waals surface area contributed by atoms with Crippen LogP contribution in [-0.2, 0) is 4.74 Å². The van der Waals surface area contributed by atoms with Gasteiger partial charge in [0.2, 0.25) is 0 Å². The summed E-state index contributed by atoms with van der Waals surface area (Å²) in [4.78, 5) is 4.04. The molecule has 0 bridgehead atoms. The zero-order valence-corrected chi connectivity index (χ0v) is 8.02. The fourth-order valence-electron chi connectivity index (χ4n) is 1.69. The van der Waals surface area contributed by atoms with Crippen molar-refractivity contribution in [1.82, 2.24) is 4.98 Å². The highest BCUT2D eigenvalue weighted by Crippen LogP contribution is 2.31. The molecule has 0 saturated carbocycles. The van der Waals surface area contributed by atoms with E-state index in [9.17, 15) is 10.2 Å². The maximum atomic E-state index is 9.69. The number of pyridine rings is 1. The molecule has 5 nitrogen and oxygen atoms in total. The third kappa shape index (κ3) is 1.87. The highest BCUT2D eigenvalue weighted by atomic mass is 16.6. The summed E-state index contributed by atoms with van der Waals surface area (Å²) in [6, 6.07) is 5.24. The van der Waals surface area contributed by atoms with Gasteiger partial charge in [-0.2, -0.15) is 0 Å². The van der Waals surface area contributed by atoms with Gasteiger partial charge in [-0.25, -0.2) is 0 Å². The summed E-state index contributed by atoms with van der Waals surface area (Å²) in [5.74, 6) is 0. The van der Waals surface area contributed by atoms with Gasteiger partial charge in [-0.1, -0.05) is 6.07 Å². The number of hydrogen-bond donors (Lipinski definition) is 3. The number of hydrogen-bond acceptors (Lipinski definition) is 5. The Morgan fingerprint density at radius 3 is 2.60 bits per heavy atom. The predicted octanol–water partition coefficient (Wildman–Crippen LogP) is -0.764. The Morgan fingerprint density at radius 1 is 1.27 bits per heavy atom. The average Bonchev–Trinajstić information content (AvgIpc) is 2.57. The Balaban J connectivity index is 2.19. The standard InChI is InChI=1S/C10H13NO4/c12-5-7-8(13)9(14)10(15-7)6-3-1-2-4-11-6/h1-4,7-10,12-14H,5H2. The van der Waals surface area contributed by atoms with Gasteiger partial charge in [-0.3, -0.25) is 4.98 Å². The minimum atomic E-state index is -1.07. The summed E-state index contributed by atoms with van der Waals surface area (Å²) in [5, 5.41) is 28.1. The van der Waals surface area contributed by atoms with Gasteiger partial charge in [-0.05, 0) is 12.1 Å². The molecule has 0 aliphatic carbocycles. The van der Waals surface area contributed by atoms with Crippen molar-refractivity contribution >= 4 is 0 Å². The van der Waals surface area contributed by atoms with E-state index in [1.807, 2.05) is 0 Å². The minimum Gasteiger partial charge on any atom is -0.394 e. The minimum absolute atomic E-state index is 0.318. The van der Waals surface area contributed by atoms with Crippen LogP contribution in [0.25, 0.3) is 0 Å². The molecule has 0 aromatic carbocycles. The van der Waals surface area contributed by atoms with Gasteiger partial charge in [0, 0.05) is 6.20 Å². The molecule has 0 radical (unpaired) electrons. The third-order valence-electron chi connectivity index (χ3n) is 2.52. The van der Waals surface area contributed by atoms with Gasteiger partial charge in [0.05, 0.1) is 12.3 Å². The van der Waals surface area contributed by atoms with E-state index in [1.54, 1.807) is 24.4 Å². The van der Waals surface area contributed by atoms with Crippen molar-refractivity contribution in [2.24, 2.45) is 0 Å². The fourth-order valence-corrected chi connectivity index (χ4v) is 1.69. The zero-order valence-electron chi connectivity index (χ0n) is 8.02. The first kappa shape index (κ1) is 10.5. The lowest BCUT2D eigenvalue weighted by atomic mass is 10.1. The lowest BCUT2D eigenvalue weighted by molar-refractivity contribution is -0.0239. The van der Waals surface area contributed by atoms with Crippen molar-refractivity contribution in [2.45, 2.75) is 24.4 Å². The number of aliphatic hydroxyl groups excluding tert-OH is 3. The van der Waals surface area contributed by atoms with Crippen molar-refractivity contribution < 1.29 is 20.1 Å². The molecule has 2 heterocycles. The van der Waals surface area contributed by atoms with Gasteiger partial charge in [0.15, 0.2) is 0 Å². The molecule has 1 saturated heterocycles. The number of ether oxygens (including phenoxy) is 1. The molecule has 1 aromatic heterocycles. The fraction of sp³-hybridized carbons (Fsp3) is 0.500. The number of aliphatic hydroxyl groups is 3. The smallest absolute Gasteiger partial charge is 0.128 e. The molecule has 1 aromatic rings. The Morgan fingerprint density at radius 2 is 2.07 bits per heavy atom. The zero-order chi connectivity index (χ0) is 10.8. The van der Waals surface area contributed by atoms with E-state index in [-0.39, 0.29) is 6.61 Å². The second kappa shape index (κ2) is 4.24. The van der Waals surface area contributed by atoms with Crippen LogP contribution >= 0.6 is 0 Å². The molecule has 1 fully saturated rings. The van der Waals surface area contributed by atoms with E-state index in [4.69, 9.17) is 9.84 Å². The topological polar surface area (TPSA) is 82.8 Å². The maximum absolute atomic E-state index is 9.69. The molecule has 1 aliphatic heterocycles. The van der Waals surface area contributed by atoms with Crippen LogP contribution in [-0.4, -0.2) is 45.2 Å². The summed E-state index contributed by atoms with van der Waals surface area (Å²) < 4.78 is 5.31. The van der Waals surface area contributed by atoms with Gasteiger partial charge in [-0.15, -0.1) is 0 Å². The second-order valence-electron chi connectivity index (χ2n) is 3.51. The van der Waals surface area contributed by atoms with Crippen LogP contribution in [0.5, 0.6) is 0 Å². The summed E-state index contributed by atoms with van der Waals surface area (Å²) >= 11 is 0. The molecular weight excluding hydrogens is 198 g/mol. The van der Waals surface area contributed by atoms with Crippen LogP contribution in [0.4, 0.5) is 0 Å². The molecule has 15 heavy (non-hydrogen) atoms. The first-order valence-corrected chi connectivity index (χ1v) is 4.77. The van der Waals surface area contributed by atoms with E-state index >= 15 is 0 Å². The third-order valence-corrected chi connectivity index (χ3v) is 2.52. The number of aromatic nitrogens is 1. The lowest BCUT2D eigenvalue weighted by Gasteiger charge is -2.13. The molecule has 4 unspecified atom stereocenters. The summed E-state index contributed by atoms with van der Waals surface area (Å²) in [6.07, 6.45) is -1.94. The van der Waals surface area contributed by atoms with Gasteiger partial charge >= 0.3 is 0 Å². The monoisotopic (exact) mass is 211 g/mol. The molecule has 3 N–H and O–H groups in total. The Kier molecular flexibility index (Phi) is 2.97. The van der Waals surface area contributed by atoms with Crippen molar-refractivity contribution in [3.63, 3.8) is 0 Å². The van der Waals surface area contributed by atoms with E-state index in [2.05, 4.69) is 4.98 Å². The molecule has 0 amide bonds. The Bertz CT molecular complexity index is 318. The Labute approximate surface area is 87.0 Å². The van der Waals surface area contributed by atoms with E-state index in [1.165, 1.54) is 0 Å². The van der Waals surface area contributed by atoms with Crippen LogP contribution in [0, 0.1) is 0 Å². The number of rotatable bonds is 2. The van der Waals surface area contributed by atoms with Gasteiger partial charge in [0.25, 0.3) is 0 Å². The highest BCUT2D eigenvalue weighted by Gasteiger charge is 2.43. The predicted molar refractivity (Wildman–Crippen MR) is 51.0 cm³/mol. The summed E-state index contributed by atoms with van der Waals surface area (Å²) in [6.45, 7) is -0.318.